The maximum atomic E-state index is 7.01. The molecule has 0 spiro atoms. The molecule has 0 bridgehead atoms. The Hall–Kier alpha value is -4.00. The summed E-state index contributed by atoms with van der Waals surface area (Å²) >= 11 is 0. The Kier molecular flexibility index (Phi) is 16.0. The predicted molar refractivity (Wildman–Crippen MR) is 205 cm³/mol. The molecule has 0 saturated carbocycles. The van der Waals surface area contributed by atoms with E-state index in [1.807, 2.05) is 121 Å². The van der Waals surface area contributed by atoms with Crippen LogP contribution >= 0.6 is 0 Å². The SMILES string of the molecule is C=CCO[C@@H]1[C@@H](OCc2ccccc2)[C@@H](O[C@H]2[C@@H](OCc3ccccc3)CO[C@@H]2COCc2ccccc2)O[C@H](COCc2ccccc2)[C@H]1OCC=C. The molecule has 2 aliphatic rings. The molecular weight excluding hydrogens is 684 g/mol. The van der Waals surface area contributed by atoms with Gasteiger partial charge < -0.3 is 42.6 Å². The molecule has 54 heavy (non-hydrogen) atoms. The number of hydrogen-bond acceptors (Lipinski definition) is 9. The average Bonchev–Trinajstić information content (AvgIpc) is 3.60. The van der Waals surface area contributed by atoms with Crippen LogP contribution in [0.15, 0.2) is 147 Å². The van der Waals surface area contributed by atoms with Crippen molar-refractivity contribution in [3.05, 3.63) is 169 Å². The van der Waals surface area contributed by atoms with E-state index in [4.69, 9.17) is 42.6 Å². The minimum absolute atomic E-state index is 0.217. The highest BCUT2D eigenvalue weighted by Crippen LogP contribution is 2.34. The largest absolute Gasteiger partial charge is 0.374 e. The van der Waals surface area contributed by atoms with Crippen LogP contribution in [-0.4, -0.2) is 82.1 Å². The van der Waals surface area contributed by atoms with Crippen molar-refractivity contribution in [2.24, 2.45) is 0 Å². The number of rotatable bonds is 22. The molecule has 9 nitrogen and oxygen atoms in total. The van der Waals surface area contributed by atoms with Crippen molar-refractivity contribution in [2.75, 3.05) is 33.0 Å². The van der Waals surface area contributed by atoms with Crippen LogP contribution in [0.25, 0.3) is 0 Å². The first-order valence-corrected chi connectivity index (χ1v) is 18.6. The summed E-state index contributed by atoms with van der Waals surface area (Å²) in [5.74, 6) is 0. The highest BCUT2D eigenvalue weighted by Gasteiger charge is 2.51. The van der Waals surface area contributed by atoms with Crippen LogP contribution in [0.1, 0.15) is 22.3 Å². The molecule has 9 heteroatoms. The van der Waals surface area contributed by atoms with Gasteiger partial charge in [-0.3, -0.25) is 0 Å². The van der Waals surface area contributed by atoms with Crippen molar-refractivity contribution in [3.63, 3.8) is 0 Å². The van der Waals surface area contributed by atoms with Crippen molar-refractivity contribution >= 4 is 0 Å². The van der Waals surface area contributed by atoms with Crippen LogP contribution in [-0.2, 0) is 69.1 Å². The molecule has 2 fully saturated rings. The third-order valence-electron chi connectivity index (χ3n) is 9.28. The third-order valence-corrected chi connectivity index (χ3v) is 9.28. The van der Waals surface area contributed by atoms with Crippen molar-refractivity contribution in [3.8, 4) is 0 Å². The van der Waals surface area contributed by atoms with E-state index in [1.165, 1.54) is 0 Å². The first kappa shape index (κ1) is 39.7. The van der Waals surface area contributed by atoms with E-state index in [2.05, 4.69) is 13.2 Å². The van der Waals surface area contributed by atoms with E-state index in [0.717, 1.165) is 22.3 Å². The topological polar surface area (TPSA) is 83.1 Å². The second kappa shape index (κ2) is 21.8. The van der Waals surface area contributed by atoms with E-state index >= 15 is 0 Å². The van der Waals surface area contributed by atoms with Gasteiger partial charge in [0.15, 0.2) is 6.29 Å². The maximum absolute atomic E-state index is 7.01. The Morgan fingerprint density at radius 3 is 1.48 bits per heavy atom. The molecule has 8 atom stereocenters. The van der Waals surface area contributed by atoms with Crippen molar-refractivity contribution in [1.82, 2.24) is 0 Å². The molecule has 0 aromatic heterocycles. The molecule has 0 radical (unpaired) electrons. The molecule has 0 amide bonds. The lowest BCUT2D eigenvalue weighted by Crippen LogP contribution is -2.63. The van der Waals surface area contributed by atoms with Crippen molar-refractivity contribution in [2.45, 2.75) is 75.4 Å². The van der Waals surface area contributed by atoms with Crippen molar-refractivity contribution in [1.29, 1.82) is 0 Å². The molecule has 0 unspecified atom stereocenters. The number of benzene rings is 4. The Labute approximate surface area is 319 Å². The first-order valence-electron chi connectivity index (χ1n) is 18.6. The van der Waals surface area contributed by atoms with Crippen LogP contribution < -0.4 is 0 Å². The molecule has 4 aromatic carbocycles. The van der Waals surface area contributed by atoms with Gasteiger partial charge in [-0.05, 0) is 22.3 Å². The molecule has 2 heterocycles. The first-order chi connectivity index (χ1) is 26.7. The van der Waals surface area contributed by atoms with Gasteiger partial charge in [-0.25, -0.2) is 0 Å². The fourth-order valence-electron chi connectivity index (χ4n) is 6.59. The molecule has 6 rings (SSSR count). The summed E-state index contributed by atoms with van der Waals surface area (Å²) in [6.45, 7) is 10.7. The van der Waals surface area contributed by atoms with E-state index in [0.29, 0.717) is 33.0 Å². The second-order valence-corrected chi connectivity index (χ2v) is 13.3. The normalized spacial score (nSPS) is 25.3. The standard InChI is InChI=1S/C45H52O9/c1-3-25-48-42-40(32-47-28-35-19-11-6-12-20-35)53-45(44(43(42)49-26-4-2)52-30-37-23-15-8-16-24-37)54-41-38(31-46-27-34-17-9-5-10-18-34)51-33-39(41)50-29-36-21-13-7-14-22-36/h3-24,38-45H,1-2,25-33H2/t38-,39+,40-,41-,42-,43+,44-,45-/m1/s1. The van der Waals surface area contributed by atoms with Gasteiger partial charge in [-0.15, -0.1) is 13.2 Å². The smallest absolute Gasteiger partial charge is 0.187 e. The molecular formula is C45H52O9. The van der Waals surface area contributed by atoms with E-state index < -0.39 is 49.0 Å². The summed E-state index contributed by atoms with van der Waals surface area (Å²) in [5, 5.41) is 0. The monoisotopic (exact) mass is 736 g/mol. The Balaban J connectivity index is 1.27. The van der Waals surface area contributed by atoms with Gasteiger partial charge in [0.2, 0.25) is 0 Å². The summed E-state index contributed by atoms with van der Waals surface area (Å²) in [5.41, 5.74) is 4.17. The predicted octanol–water partition coefficient (Wildman–Crippen LogP) is 7.24. The molecule has 0 aliphatic carbocycles. The minimum Gasteiger partial charge on any atom is -0.374 e. The van der Waals surface area contributed by atoms with Gasteiger partial charge in [-0.1, -0.05) is 133 Å². The number of ether oxygens (including phenoxy) is 9. The fourth-order valence-corrected chi connectivity index (χ4v) is 6.59. The third kappa shape index (κ3) is 11.7. The average molecular weight is 737 g/mol. The molecule has 2 saturated heterocycles. The molecule has 2 aliphatic heterocycles. The molecule has 0 N–H and O–H groups in total. The highest BCUT2D eigenvalue weighted by molar-refractivity contribution is 5.16. The van der Waals surface area contributed by atoms with Gasteiger partial charge in [0.1, 0.15) is 42.7 Å². The van der Waals surface area contributed by atoms with Gasteiger partial charge in [0, 0.05) is 0 Å². The van der Waals surface area contributed by atoms with Crippen molar-refractivity contribution < 1.29 is 42.6 Å². The quantitative estimate of drug-likeness (QED) is 0.0776. The lowest BCUT2D eigenvalue weighted by molar-refractivity contribution is -0.338. The zero-order valence-corrected chi connectivity index (χ0v) is 30.8. The zero-order chi connectivity index (χ0) is 37.2. The minimum atomic E-state index is -0.913. The Bertz CT molecular complexity index is 1620. The van der Waals surface area contributed by atoms with Gasteiger partial charge in [-0.2, -0.15) is 0 Å². The van der Waals surface area contributed by atoms with Crippen LogP contribution in [0.3, 0.4) is 0 Å². The lowest BCUT2D eigenvalue weighted by Gasteiger charge is -2.46. The summed E-state index contributed by atoms with van der Waals surface area (Å²) in [7, 11) is 0. The fraction of sp³-hybridized carbons (Fsp3) is 0.378. The lowest BCUT2D eigenvalue weighted by atomic mass is 9.97. The Morgan fingerprint density at radius 2 is 0.963 bits per heavy atom. The van der Waals surface area contributed by atoms with Crippen LogP contribution in [0.5, 0.6) is 0 Å². The second-order valence-electron chi connectivity index (χ2n) is 13.3. The molecule has 4 aromatic rings. The van der Waals surface area contributed by atoms with Crippen LogP contribution in [0, 0.1) is 0 Å². The molecule has 286 valence electrons. The zero-order valence-electron chi connectivity index (χ0n) is 30.8. The van der Waals surface area contributed by atoms with E-state index in [1.54, 1.807) is 12.2 Å². The van der Waals surface area contributed by atoms with Crippen LogP contribution in [0.4, 0.5) is 0 Å². The van der Waals surface area contributed by atoms with Gasteiger partial charge in [0.25, 0.3) is 0 Å². The summed E-state index contributed by atoms with van der Waals surface area (Å²) in [6.07, 6.45) is -1.40. The summed E-state index contributed by atoms with van der Waals surface area (Å²) in [4.78, 5) is 0. The summed E-state index contributed by atoms with van der Waals surface area (Å²) < 4.78 is 58.8. The van der Waals surface area contributed by atoms with E-state index in [9.17, 15) is 0 Å². The number of hydrogen-bond donors (Lipinski definition) is 0. The van der Waals surface area contributed by atoms with Crippen LogP contribution in [0.2, 0.25) is 0 Å². The van der Waals surface area contributed by atoms with Gasteiger partial charge in [0.05, 0.1) is 59.5 Å². The maximum Gasteiger partial charge on any atom is 0.187 e. The Morgan fingerprint density at radius 1 is 0.500 bits per heavy atom. The highest BCUT2D eigenvalue weighted by atomic mass is 16.7. The summed E-state index contributed by atoms with van der Waals surface area (Å²) in [6, 6.07) is 40.1. The van der Waals surface area contributed by atoms with E-state index in [-0.39, 0.29) is 26.4 Å². The van der Waals surface area contributed by atoms with Gasteiger partial charge >= 0.3 is 0 Å².